The second-order valence-corrected chi connectivity index (χ2v) is 8.21. The Hall–Kier alpha value is -2.90. The van der Waals surface area contributed by atoms with Gasteiger partial charge in [0.25, 0.3) is 11.6 Å². The van der Waals surface area contributed by atoms with Gasteiger partial charge in [-0.25, -0.2) is 4.79 Å². The predicted molar refractivity (Wildman–Crippen MR) is 118 cm³/mol. The summed E-state index contributed by atoms with van der Waals surface area (Å²) in [5.41, 5.74) is 1.83. The maximum Gasteiger partial charge on any atom is 0.339 e. The van der Waals surface area contributed by atoms with Gasteiger partial charge in [-0.05, 0) is 70.4 Å². The fourth-order valence-electron chi connectivity index (χ4n) is 4.10. The minimum atomic E-state index is -0.978. The summed E-state index contributed by atoms with van der Waals surface area (Å²) in [6, 6.07) is 4.37. The number of anilines is 1. The second kappa shape index (κ2) is 10.9. The minimum absolute atomic E-state index is 0.0690. The molecule has 0 spiro atoms. The molecule has 8 nitrogen and oxygen atoms in total. The number of carbonyl (C=O) groups is 2. The number of esters is 1. The molecular formula is C23H31N3O5. The lowest BCUT2D eigenvalue weighted by molar-refractivity contribution is -0.384. The van der Waals surface area contributed by atoms with E-state index in [9.17, 15) is 19.7 Å². The van der Waals surface area contributed by atoms with Crippen LogP contribution in [0.1, 0.15) is 68.6 Å². The monoisotopic (exact) mass is 429 g/mol. The third kappa shape index (κ3) is 6.29. The highest BCUT2D eigenvalue weighted by Crippen LogP contribution is 2.31. The first-order valence-corrected chi connectivity index (χ1v) is 11.2. The Morgan fingerprint density at radius 3 is 2.65 bits per heavy atom. The molecule has 3 rings (SSSR count). The van der Waals surface area contributed by atoms with Gasteiger partial charge in [-0.15, -0.1) is 0 Å². The van der Waals surface area contributed by atoms with Crippen LogP contribution in [0.5, 0.6) is 0 Å². The number of piperidine rings is 1. The number of nitrogens with one attached hydrogen (secondary N) is 1. The molecule has 168 valence electrons. The zero-order chi connectivity index (χ0) is 22.2. The average molecular weight is 430 g/mol. The molecule has 1 atom stereocenters. The first-order chi connectivity index (χ1) is 15.0. The topological polar surface area (TPSA) is 102 Å². The van der Waals surface area contributed by atoms with E-state index in [-0.39, 0.29) is 17.2 Å². The highest BCUT2D eigenvalue weighted by Gasteiger charge is 2.25. The molecule has 1 saturated heterocycles. The number of allylic oxidation sites excluding steroid dienone is 1. The van der Waals surface area contributed by atoms with Crippen LogP contribution in [0.3, 0.4) is 0 Å². The van der Waals surface area contributed by atoms with E-state index in [0.29, 0.717) is 12.2 Å². The summed E-state index contributed by atoms with van der Waals surface area (Å²) in [6.45, 7) is 3.53. The Balaban J connectivity index is 1.57. The van der Waals surface area contributed by atoms with Crippen LogP contribution in [-0.4, -0.2) is 42.5 Å². The quantitative estimate of drug-likeness (QED) is 0.288. The van der Waals surface area contributed by atoms with E-state index in [2.05, 4.69) is 11.4 Å². The van der Waals surface area contributed by atoms with Crippen LogP contribution in [-0.2, 0) is 9.53 Å². The highest BCUT2D eigenvalue weighted by molar-refractivity contribution is 5.93. The molecule has 0 saturated carbocycles. The van der Waals surface area contributed by atoms with Crippen LogP contribution in [0.2, 0.25) is 0 Å². The van der Waals surface area contributed by atoms with Crippen LogP contribution in [0.15, 0.2) is 29.8 Å². The first kappa shape index (κ1) is 22.8. The standard InChI is InChI=1S/C23H31N3O5/c1-17(22(27)24-13-12-18-8-4-2-5-9-18)31-23(28)19-10-11-20(21(16-19)26(29)30)25-14-6-3-7-15-25/h8,10-11,16-17H,2-7,9,12-15H2,1H3,(H,24,27)/t17-/m1/s1. The Labute approximate surface area is 182 Å². The molecule has 1 fully saturated rings. The molecular weight excluding hydrogens is 398 g/mol. The van der Waals surface area contributed by atoms with E-state index >= 15 is 0 Å². The Morgan fingerprint density at radius 2 is 1.97 bits per heavy atom. The number of nitro benzene ring substituents is 1. The second-order valence-electron chi connectivity index (χ2n) is 8.21. The fraction of sp³-hybridized carbons (Fsp3) is 0.565. The lowest BCUT2D eigenvalue weighted by Crippen LogP contribution is -2.36. The predicted octanol–water partition coefficient (Wildman–Crippen LogP) is 4.14. The molecule has 1 aromatic rings. The van der Waals surface area contributed by atoms with Crippen LogP contribution in [0.25, 0.3) is 0 Å². The zero-order valence-corrected chi connectivity index (χ0v) is 18.1. The van der Waals surface area contributed by atoms with E-state index in [1.807, 2.05) is 4.90 Å². The minimum Gasteiger partial charge on any atom is -0.449 e. The summed E-state index contributed by atoms with van der Waals surface area (Å²) < 4.78 is 5.26. The van der Waals surface area contributed by atoms with E-state index in [1.165, 1.54) is 37.5 Å². The lowest BCUT2D eigenvalue weighted by Gasteiger charge is -2.28. The number of nitrogens with zero attached hydrogens (tertiary/aromatic N) is 2. The van der Waals surface area contributed by atoms with Crippen molar-refractivity contribution in [1.29, 1.82) is 0 Å². The molecule has 0 radical (unpaired) electrons. The molecule has 1 aliphatic heterocycles. The Morgan fingerprint density at radius 1 is 1.19 bits per heavy atom. The molecule has 1 aliphatic carbocycles. The van der Waals surface area contributed by atoms with Crippen molar-refractivity contribution in [2.75, 3.05) is 24.5 Å². The van der Waals surface area contributed by atoms with Crippen molar-refractivity contribution < 1.29 is 19.2 Å². The molecule has 1 amide bonds. The third-order valence-electron chi connectivity index (χ3n) is 5.89. The van der Waals surface area contributed by atoms with Crippen LogP contribution in [0, 0.1) is 10.1 Å². The molecule has 31 heavy (non-hydrogen) atoms. The molecule has 2 aliphatic rings. The van der Waals surface area contributed by atoms with E-state index in [4.69, 9.17) is 4.74 Å². The number of nitro groups is 1. The first-order valence-electron chi connectivity index (χ1n) is 11.2. The highest BCUT2D eigenvalue weighted by atomic mass is 16.6. The molecule has 1 heterocycles. The lowest BCUT2D eigenvalue weighted by atomic mass is 9.97. The van der Waals surface area contributed by atoms with Gasteiger partial charge in [0, 0.05) is 25.7 Å². The maximum atomic E-state index is 12.5. The largest absolute Gasteiger partial charge is 0.449 e. The maximum absolute atomic E-state index is 12.5. The zero-order valence-electron chi connectivity index (χ0n) is 18.1. The fourth-order valence-corrected chi connectivity index (χ4v) is 4.10. The summed E-state index contributed by atoms with van der Waals surface area (Å²) in [6.07, 6.45) is 9.75. The molecule has 0 unspecified atom stereocenters. The van der Waals surface area contributed by atoms with Crippen LogP contribution >= 0.6 is 0 Å². The van der Waals surface area contributed by atoms with Crippen molar-refractivity contribution in [3.63, 3.8) is 0 Å². The molecule has 8 heteroatoms. The SMILES string of the molecule is C[C@@H](OC(=O)c1ccc(N2CCCCC2)c([N+](=O)[O-])c1)C(=O)NCCC1=CCCCC1. The van der Waals surface area contributed by atoms with Gasteiger partial charge in [0.05, 0.1) is 10.5 Å². The van der Waals surface area contributed by atoms with Crippen molar-refractivity contribution in [3.05, 3.63) is 45.5 Å². The number of hydrogen-bond acceptors (Lipinski definition) is 6. The number of benzene rings is 1. The summed E-state index contributed by atoms with van der Waals surface area (Å²) in [4.78, 5) is 37.8. The molecule has 0 bridgehead atoms. The van der Waals surface area contributed by atoms with Gasteiger partial charge in [0.2, 0.25) is 0 Å². The van der Waals surface area contributed by atoms with E-state index in [0.717, 1.165) is 51.6 Å². The van der Waals surface area contributed by atoms with Crippen LogP contribution < -0.4 is 10.2 Å². The van der Waals surface area contributed by atoms with Gasteiger partial charge in [-0.1, -0.05) is 11.6 Å². The van der Waals surface area contributed by atoms with Gasteiger partial charge >= 0.3 is 5.97 Å². The summed E-state index contributed by atoms with van der Waals surface area (Å²) in [5.74, 6) is -1.12. The van der Waals surface area contributed by atoms with E-state index in [1.54, 1.807) is 6.07 Å². The van der Waals surface area contributed by atoms with Crippen molar-refractivity contribution in [3.8, 4) is 0 Å². The van der Waals surface area contributed by atoms with E-state index < -0.39 is 17.0 Å². The summed E-state index contributed by atoms with van der Waals surface area (Å²) in [5, 5.41) is 14.4. The normalized spacial score (nSPS) is 17.5. The number of amides is 1. The van der Waals surface area contributed by atoms with Crippen molar-refractivity contribution in [2.24, 2.45) is 0 Å². The van der Waals surface area contributed by atoms with Gasteiger partial charge in [0.15, 0.2) is 6.10 Å². The number of rotatable bonds is 8. The van der Waals surface area contributed by atoms with Gasteiger partial charge in [0.1, 0.15) is 5.69 Å². The molecule has 0 aromatic heterocycles. The van der Waals surface area contributed by atoms with Gasteiger partial charge < -0.3 is 15.0 Å². The summed E-state index contributed by atoms with van der Waals surface area (Å²) >= 11 is 0. The third-order valence-corrected chi connectivity index (χ3v) is 5.89. The smallest absolute Gasteiger partial charge is 0.339 e. The van der Waals surface area contributed by atoms with Crippen molar-refractivity contribution in [2.45, 2.75) is 64.4 Å². The molecule has 1 N–H and O–H groups in total. The summed E-state index contributed by atoms with van der Waals surface area (Å²) in [7, 11) is 0. The van der Waals surface area contributed by atoms with Crippen LogP contribution in [0.4, 0.5) is 11.4 Å². The van der Waals surface area contributed by atoms with Crippen molar-refractivity contribution in [1.82, 2.24) is 5.32 Å². The van der Waals surface area contributed by atoms with Gasteiger partial charge in [-0.3, -0.25) is 14.9 Å². The Kier molecular flexibility index (Phi) is 8.03. The van der Waals surface area contributed by atoms with Crippen molar-refractivity contribution >= 4 is 23.3 Å². The average Bonchev–Trinajstić information content (AvgIpc) is 2.79. The van der Waals surface area contributed by atoms with Gasteiger partial charge in [-0.2, -0.15) is 0 Å². The number of ether oxygens (including phenoxy) is 1. The number of hydrogen-bond donors (Lipinski definition) is 1. The molecule has 1 aromatic carbocycles. The Bertz CT molecular complexity index is 846. The number of carbonyl (C=O) groups excluding carboxylic acids is 2.